The number of carbonyl (C=O) groups excluding carboxylic acids is 1. The second-order valence-corrected chi connectivity index (χ2v) is 11.6. The molecule has 0 bridgehead atoms. The second-order valence-electron chi connectivity index (χ2n) is 10.2. The molecule has 0 heterocycles. The Labute approximate surface area is 225 Å². The van der Waals surface area contributed by atoms with Crippen LogP contribution in [0.15, 0.2) is 36.5 Å². The monoisotopic (exact) mass is 545 g/mol. The van der Waals surface area contributed by atoms with E-state index < -0.39 is 26.5 Å². The molecule has 2 unspecified atom stereocenters. The van der Waals surface area contributed by atoms with Crippen LogP contribution < -0.4 is 4.89 Å². The van der Waals surface area contributed by atoms with Gasteiger partial charge in [0.1, 0.15) is 25.9 Å². The maximum atomic E-state index is 11.8. The van der Waals surface area contributed by atoms with Crippen LogP contribution in [-0.2, 0) is 23.1 Å². The van der Waals surface area contributed by atoms with Gasteiger partial charge in [0, 0.05) is 6.42 Å². The Kier molecular flexibility index (Phi) is 21.9. The van der Waals surface area contributed by atoms with E-state index in [-0.39, 0.29) is 19.6 Å². The Morgan fingerprint density at radius 3 is 2.05 bits per heavy atom. The fourth-order valence-electron chi connectivity index (χ4n) is 3.19. The number of rotatable bonds is 24. The standard InChI is InChI=1S/C28H52NO7P/c1-5-6-7-8-9-10-11-12-13-14-15-16-17-18-19-20-21-22-28(31)34-25-27(30)26-36-37(32,33)35-24-23-29(2,3)4/h6-7,9-10,12-13,27,30H,5,8,11,14-26H2,1-4H3/b7-6-,10-9-,13-12-. The van der Waals surface area contributed by atoms with Gasteiger partial charge >= 0.3 is 5.97 Å². The number of unbranched alkanes of at least 4 members (excludes halogenated alkanes) is 7. The summed E-state index contributed by atoms with van der Waals surface area (Å²) in [6, 6.07) is 0. The van der Waals surface area contributed by atoms with Gasteiger partial charge in [-0.2, -0.15) is 0 Å². The number of aliphatic hydroxyl groups is 1. The molecule has 0 amide bonds. The lowest BCUT2D eigenvalue weighted by Gasteiger charge is -2.27. The van der Waals surface area contributed by atoms with Gasteiger partial charge < -0.3 is 28.3 Å². The van der Waals surface area contributed by atoms with Gasteiger partial charge in [-0.3, -0.25) is 9.36 Å². The van der Waals surface area contributed by atoms with E-state index in [1.165, 1.54) is 19.3 Å². The lowest BCUT2D eigenvalue weighted by Crippen LogP contribution is -2.37. The number of phosphoric acid groups is 1. The van der Waals surface area contributed by atoms with E-state index in [2.05, 4.69) is 47.9 Å². The van der Waals surface area contributed by atoms with Crippen LogP contribution in [-0.4, -0.2) is 69.2 Å². The Morgan fingerprint density at radius 1 is 0.865 bits per heavy atom. The van der Waals surface area contributed by atoms with Crippen LogP contribution in [0, 0.1) is 0 Å². The number of ether oxygens (including phenoxy) is 1. The molecule has 216 valence electrons. The molecule has 0 aliphatic rings. The summed E-state index contributed by atoms with van der Waals surface area (Å²) in [5.74, 6) is -0.400. The number of allylic oxidation sites excluding steroid dienone is 6. The minimum atomic E-state index is -4.50. The molecule has 0 saturated heterocycles. The van der Waals surface area contributed by atoms with Crippen molar-refractivity contribution < 1.29 is 37.6 Å². The smallest absolute Gasteiger partial charge is 0.305 e. The molecule has 1 N–H and O–H groups in total. The third-order valence-electron chi connectivity index (χ3n) is 5.40. The molecule has 0 spiro atoms. The fourth-order valence-corrected chi connectivity index (χ4v) is 3.93. The van der Waals surface area contributed by atoms with Gasteiger partial charge in [-0.25, -0.2) is 0 Å². The van der Waals surface area contributed by atoms with Crippen molar-refractivity contribution in [2.45, 2.75) is 90.1 Å². The van der Waals surface area contributed by atoms with Gasteiger partial charge in [0.05, 0.1) is 27.7 Å². The lowest BCUT2D eigenvalue weighted by atomic mass is 10.1. The normalized spacial score (nSPS) is 15.1. The van der Waals surface area contributed by atoms with E-state index in [9.17, 15) is 19.4 Å². The number of quaternary nitrogens is 1. The first-order valence-electron chi connectivity index (χ1n) is 13.7. The first-order valence-corrected chi connectivity index (χ1v) is 15.2. The largest absolute Gasteiger partial charge is 0.756 e. The summed E-state index contributed by atoms with van der Waals surface area (Å²) in [5.41, 5.74) is 0. The lowest BCUT2D eigenvalue weighted by molar-refractivity contribution is -0.870. The summed E-state index contributed by atoms with van der Waals surface area (Å²) in [6.45, 7) is 1.80. The van der Waals surface area contributed by atoms with Crippen LogP contribution in [0.25, 0.3) is 0 Å². The molecule has 0 aliphatic carbocycles. The Morgan fingerprint density at radius 2 is 1.43 bits per heavy atom. The summed E-state index contributed by atoms with van der Waals surface area (Å²) >= 11 is 0. The zero-order valence-electron chi connectivity index (χ0n) is 23.6. The van der Waals surface area contributed by atoms with Crippen molar-refractivity contribution in [2.75, 3.05) is 47.5 Å². The number of carbonyl (C=O) groups is 1. The average molecular weight is 546 g/mol. The number of esters is 1. The van der Waals surface area contributed by atoms with Gasteiger partial charge in [-0.05, 0) is 38.5 Å². The Hall–Kier alpha value is -1.28. The number of hydrogen-bond donors (Lipinski definition) is 1. The van der Waals surface area contributed by atoms with Crippen molar-refractivity contribution in [1.29, 1.82) is 0 Å². The van der Waals surface area contributed by atoms with E-state index in [0.717, 1.165) is 51.4 Å². The second kappa shape index (κ2) is 22.7. The minimum Gasteiger partial charge on any atom is -0.756 e. The van der Waals surface area contributed by atoms with Crippen molar-refractivity contribution >= 4 is 13.8 Å². The molecule has 0 rings (SSSR count). The fraction of sp³-hybridized carbons (Fsp3) is 0.750. The van der Waals surface area contributed by atoms with Gasteiger partial charge in [-0.15, -0.1) is 0 Å². The van der Waals surface area contributed by atoms with Crippen LogP contribution in [0.4, 0.5) is 0 Å². The highest BCUT2D eigenvalue weighted by Gasteiger charge is 2.16. The van der Waals surface area contributed by atoms with E-state index in [1.54, 1.807) is 0 Å². The zero-order valence-corrected chi connectivity index (χ0v) is 24.5. The maximum Gasteiger partial charge on any atom is 0.305 e. The number of nitrogens with zero attached hydrogens (tertiary/aromatic N) is 1. The summed E-state index contributed by atoms with van der Waals surface area (Å²) in [5, 5.41) is 9.81. The zero-order chi connectivity index (χ0) is 27.8. The summed E-state index contributed by atoms with van der Waals surface area (Å²) in [6.07, 6.45) is 24.2. The van der Waals surface area contributed by atoms with Gasteiger partial charge in [0.25, 0.3) is 7.82 Å². The van der Waals surface area contributed by atoms with Gasteiger partial charge in [-0.1, -0.05) is 75.5 Å². The molecule has 37 heavy (non-hydrogen) atoms. The van der Waals surface area contributed by atoms with Crippen molar-refractivity contribution in [3.63, 3.8) is 0 Å². The first kappa shape index (κ1) is 35.7. The molecule has 0 aliphatic heterocycles. The number of phosphoric ester groups is 1. The quantitative estimate of drug-likeness (QED) is 0.0564. The molecule has 0 saturated carbocycles. The van der Waals surface area contributed by atoms with E-state index >= 15 is 0 Å². The van der Waals surface area contributed by atoms with E-state index in [4.69, 9.17) is 9.26 Å². The molecular formula is C28H52NO7P. The van der Waals surface area contributed by atoms with Crippen LogP contribution in [0.5, 0.6) is 0 Å². The van der Waals surface area contributed by atoms with Crippen molar-refractivity contribution in [3.8, 4) is 0 Å². The highest BCUT2D eigenvalue weighted by atomic mass is 31.2. The molecule has 0 aromatic heterocycles. The van der Waals surface area contributed by atoms with Crippen LogP contribution in [0.2, 0.25) is 0 Å². The molecule has 8 nitrogen and oxygen atoms in total. The van der Waals surface area contributed by atoms with Gasteiger partial charge in [0.15, 0.2) is 0 Å². The summed E-state index contributed by atoms with van der Waals surface area (Å²) in [7, 11) is 1.24. The summed E-state index contributed by atoms with van der Waals surface area (Å²) < 4.78 is 26.7. The maximum absolute atomic E-state index is 11.8. The minimum absolute atomic E-state index is 0.0114. The van der Waals surface area contributed by atoms with Crippen molar-refractivity contribution in [2.24, 2.45) is 0 Å². The highest BCUT2D eigenvalue weighted by Crippen LogP contribution is 2.38. The van der Waals surface area contributed by atoms with Crippen LogP contribution in [0.3, 0.4) is 0 Å². The van der Waals surface area contributed by atoms with Crippen molar-refractivity contribution in [3.05, 3.63) is 36.5 Å². The molecular weight excluding hydrogens is 493 g/mol. The summed E-state index contributed by atoms with van der Waals surface area (Å²) in [4.78, 5) is 23.5. The predicted molar refractivity (Wildman–Crippen MR) is 148 cm³/mol. The Bertz CT molecular complexity index is 701. The number of hydrogen-bond acceptors (Lipinski definition) is 7. The topological polar surface area (TPSA) is 105 Å². The molecule has 0 fully saturated rings. The number of aliphatic hydroxyl groups excluding tert-OH is 1. The average Bonchev–Trinajstić information content (AvgIpc) is 2.82. The van der Waals surface area contributed by atoms with Crippen LogP contribution in [0.1, 0.15) is 84.0 Å². The SMILES string of the molecule is CC/C=C\C/C=C\C/C=C\CCCCCCCCCC(=O)OCC(O)COP(=O)([O-])OCC[N+](C)(C)C. The van der Waals surface area contributed by atoms with Gasteiger partial charge in [0.2, 0.25) is 0 Å². The third-order valence-corrected chi connectivity index (χ3v) is 6.37. The van der Waals surface area contributed by atoms with E-state index in [1.807, 2.05) is 21.1 Å². The molecule has 0 aromatic carbocycles. The molecule has 0 radical (unpaired) electrons. The molecule has 9 heteroatoms. The molecule has 2 atom stereocenters. The van der Waals surface area contributed by atoms with Crippen molar-refractivity contribution in [1.82, 2.24) is 0 Å². The Balaban J connectivity index is 3.60. The number of likely N-dealkylation sites (N-methyl/N-ethyl adjacent to an activating group) is 1. The highest BCUT2D eigenvalue weighted by molar-refractivity contribution is 7.45. The van der Waals surface area contributed by atoms with E-state index in [0.29, 0.717) is 11.0 Å². The third kappa shape index (κ3) is 27.6. The first-order chi connectivity index (χ1) is 17.6. The van der Waals surface area contributed by atoms with Crippen LogP contribution >= 0.6 is 7.82 Å². The predicted octanol–water partition coefficient (Wildman–Crippen LogP) is 5.47. The molecule has 0 aromatic rings.